The van der Waals surface area contributed by atoms with Crippen molar-refractivity contribution in [2.75, 3.05) is 18.6 Å². The molecular weight excluding hydrogens is 606 g/mol. The summed E-state index contributed by atoms with van der Waals surface area (Å²) in [7, 11) is 0. The van der Waals surface area contributed by atoms with Gasteiger partial charge in [0.1, 0.15) is 12.4 Å². The van der Waals surface area contributed by atoms with E-state index >= 15 is 4.79 Å². The number of carbonyl (C=O) groups excluding carboxylic acids is 4. The number of allylic oxidation sites excluding steroid dienone is 2. The number of imide groups is 2. The molecule has 2 aliphatic carbocycles. The maximum atomic E-state index is 15.3. The Kier molecular flexibility index (Phi) is 7.78. The number of aliphatic hydroxyl groups is 1. The van der Waals surface area contributed by atoms with Gasteiger partial charge >= 0.3 is 0 Å². The van der Waals surface area contributed by atoms with Crippen molar-refractivity contribution >= 4 is 29.3 Å². The first kappa shape index (κ1) is 31.8. The second kappa shape index (κ2) is 11.7. The number of aliphatic hydroxyl groups excluding tert-OH is 1. The maximum Gasteiger partial charge on any atom is 0.260 e. The van der Waals surface area contributed by atoms with E-state index in [1.807, 2.05) is 113 Å². The Morgan fingerprint density at radius 2 is 1.56 bits per heavy atom. The van der Waals surface area contributed by atoms with E-state index in [1.54, 1.807) is 0 Å². The highest BCUT2D eigenvalue weighted by molar-refractivity contribution is 6.13. The SMILES string of the molecule is Cc1ccc(NN2C(=O)C3CC4C(=CCC5C(=O)N(C(C)(C)C)C(=O)C54)C(c4ccccc4OCCO)C3(c3ccccc3)C2=O)cc1. The van der Waals surface area contributed by atoms with Crippen molar-refractivity contribution in [1.82, 2.24) is 9.91 Å². The molecule has 6 atom stereocenters. The average Bonchev–Trinajstić information content (AvgIpc) is 3.46. The Hall–Kier alpha value is -4.76. The van der Waals surface area contributed by atoms with Crippen LogP contribution >= 0.6 is 0 Å². The van der Waals surface area contributed by atoms with Crippen LogP contribution in [0.15, 0.2) is 90.5 Å². The van der Waals surface area contributed by atoms with Crippen LogP contribution in [0, 0.1) is 30.6 Å². The highest BCUT2D eigenvalue weighted by atomic mass is 16.5. The second-order valence-corrected chi connectivity index (χ2v) is 14.4. The minimum atomic E-state index is -1.39. The second-order valence-electron chi connectivity index (χ2n) is 14.4. The summed E-state index contributed by atoms with van der Waals surface area (Å²) in [4.78, 5) is 59.5. The van der Waals surface area contributed by atoms with Crippen LogP contribution in [0.1, 0.15) is 56.2 Å². The molecule has 9 heteroatoms. The molecule has 6 unspecified atom stereocenters. The van der Waals surface area contributed by atoms with E-state index < -0.39 is 46.5 Å². The summed E-state index contributed by atoms with van der Waals surface area (Å²) in [5.41, 5.74) is 4.93. The topological polar surface area (TPSA) is 116 Å². The summed E-state index contributed by atoms with van der Waals surface area (Å²) < 4.78 is 6.10. The Labute approximate surface area is 280 Å². The molecule has 3 aromatic carbocycles. The molecule has 0 spiro atoms. The lowest BCUT2D eigenvalue weighted by Crippen LogP contribution is -2.53. The molecule has 3 aromatic rings. The van der Waals surface area contributed by atoms with E-state index in [-0.39, 0.29) is 37.4 Å². The summed E-state index contributed by atoms with van der Waals surface area (Å²) in [6.45, 7) is 7.39. The highest BCUT2D eigenvalue weighted by Gasteiger charge is 2.71. The minimum absolute atomic E-state index is 0.0419. The molecule has 4 amide bonds. The summed E-state index contributed by atoms with van der Waals surface area (Å²) >= 11 is 0. The first-order chi connectivity index (χ1) is 23.0. The molecule has 248 valence electrons. The van der Waals surface area contributed by atoms with E-state index in [4.69, 9.17) is 4.74 Å². The van der Waals surface area contributed by atoms with Gasteiger partial charge in [0.15, 0.2) is 0 Å². The quantitative estimate of drug-likeness (QED) is 0.269. The van der Waals surface area contributed by atoms with Gasteiger partial charge in [-0.2, -0.15) is 5.01 Å². The number of amides is 4. The summed E-state index contributed by atoms with van der Waals surface area (Å²) in [5, 5.41) is 10.8. The molecule has 2 aliphatic heterocycles. The zero-order valence-electron chi connectivity index (χ0n) is 27.7. The Bertz CT molecular complexity index is 1810. The number of ether oxygens (including phenoxy) is 1. The smallest absolute Gasteiger partial charge is 0.260 e. The number of aryl methyl sites for hydroxylation is 1. The number of fused-ring (bicyclic) bond motifs is 4. The normalized spacial score (nSPS) is 28.2. The highest BCUT2D eigenvalue weighted by Crippen LogP contribution is 2.65. The van der Waals surface area contributed by atoms with Crippen LogP contribution in [0.25, 0.3) is 0 Å². The average molecular weight is 648 g/mol. The zero-order valence-corrected chi connectivity index (χ0v) is 27.7. The third-order valence-corrected chi connectivity index (χ3v) is 10.6. The van der Waals surface area contributed by atoms with Crippen molar-refractivity contribution in [2.24, 2.45) is 23.7 Å². The largest absolute Gasteiger partial charge is 0.491 e. The van der Waals surface area contributed by atoms with Gasteiger partial charge in [-0.05, 0) is 70.2 Å². The fourth-order valence-corrected chi connectivity index (χ4v) is 8.76. The Morgan fingerprint density at radius 1 is 0.875 bits per heavy atom. The van der Waals surface area contributed by atoms with Gasteiger partial charge in [-0.1, -0.05) is 77.9 Å². The zero-order chi connectivity index (χ0) is 34.0. The van der Waals surface area contributed by atoms with Crippen LogP contribution in [-0.2, 0) is 24.6 Å². The predicted molar refractivity (Wildman–Crippen MR) is 179 cm³/mol. The van der Waals surface area contributed by atoms with Crippen LogP contribution in [0.3, 0.4) is 0 Å². The molecule has 9 nitrogen and oxygen atoms in total. The first-order valence-corrected chi connectivity index (χ1v) is 16.7. The van der Waals surface area contributed by atoms with Crippen molar-refractivity contribution in [3.8, 4) is 5.75 Å². The monoisotopic (exact) mass is 647 g/mol. The summed E-state index contributed by atoms with van der Waals surface area (Å²) in [6.07, 6.45) is 2.63. The Morgan fingerprint density at radius 3 is 2.25 bits per heavy atom. The van der Waals surface area contributed by atoms with Gasteiger partial charge in [0.25, 0.3) is 11.8 Å². The molecule has 1 saturated carbocycles. The lowest BCUT2D eigenvalue weighted by atomic mass is 9.49. The van der Waals surface area contributed by atoms with Gasteiger partial charge in [0.2, 0.25) is 11.8 Å². The number of para-hydroxylation sites is 1. The van der Waals surface area contributed by atoms with Crippen LogP contribution in [0.2, 0.25) is 0 Å². The fraction of sp³-hybridized carbons (Fsp3) is 0.385. The van der Waals surface area contributed by atoms with Crippen LogP contribution in [0.5, 0.6) is 5.75 Å². The third-order valence-electron chi connectivity index (χ3n) is 10.6. The van der Waals surface area contributed by atoms with Gasteiger partial charge < -0.3 is 9.84 Å². The molecule has 2 N–H and O–H groups in total. The van der Waals surface area contributed by atoms with Gasteiger partial charge in [-0.25, -0.2) is 0 Å². The third kappa shape index (κ3) is 4.70. The van der Waals surface area contributed by atoms with Crippen molar-refractivity contribution in [1.29, 1.82) is 0 Å². The van der Waals surface area contributed by atoms with E-state index in [1.165, 1.54) is 4.90 Å². The number of hydrogen-bond acceptors (Lipinski definition) is 7. The number of carbonyl (C=O) groups is 4. The van der Waals surface area contributed by atoms with Crippen LogP contribution in [0.4, 0.5) is 5.69 Å². The molecular formula is C39H41N3O6. The number of nitrogens with one attached hydrogen (secondary N) is 1. The van der Waals surface area contributed by atoms with Gasteiger partial charge in [0, 0.05) is 17.0 Å². The molecule has 3 fully saturated rings. The number of rotatable bonds is 7. The summed E-state index contributed by atoms with van der Waals surface area (Å²) in [5.74, 6) is -3.90. The lowest BCUT2D eigenvalue weighted by Gasteiger charge is -2.50. The lowest BCUT2D eigenvalue weighted by molar-refractivity contribution is -0.146. The van der Waals surface area contributed by atoms with Crippen LogP contribution < -0.4 is 10.2 Å². The van der Waals surface area contributed by atoms with Crippen molar-refractivity contribution in [2.45, 2.75) is 57.4 Å². The maximum absolute atomic E-state index is 15.3. The molecule has 2 heterocycles. The first-order valence-electron chi connectivity index (χ1n) is 16.7. The van der Waals surface area contributed by atoms with Crippen molar-refractivity contribution < 1.29 is 29.0 Å². The van der Waals surface area contributed by atoms with Gasteiger partial charge in [0.05, 0.1) is 35.5 Å². The van der Waals surface area contributed by atoms with E-state index in [2.05, 4.69) is 5.43 Å². The molecule has 0 radical (unpaired) electrons. The van der Waals surface area contributed by atoms with E-state index in [9.17, 15) is 19.5 Å². The molecule has 48 heavy (non-hydrogen) atoms. The molecule has 0 bridgehead atoms. The molecule has 0 aromatic heterocycles. The summed E-state index contributed by atoms with van der Waals surface area (Å²) in [6, 6.07) is 24.3. The van der Waals surface area contributed by atoms with E-state index in [0.29, 0.717) is 29.0 Å². The molecule has 4 aliphatic rings. The predicted octanol–water partition coefficient (Wildman–Crippen LogP) is 5.15. The standard InChI is InChI=1S/C39H41N3O6/c1-23-14-16-25(17-15-23)40-42-35(45)30-22-29-26(18-19-28-32(29)36(46)41(34(28)44)38(2,3)4)33(27-12-8-9-13-31(27)48-21-20-43)39(30,37(42)47)24-10-6-5-7-11-24/h5-18,28-30,32-33,40,43H,19-22H2,1-4H3. The van der Waals surface area contributed by atoms with Gasteiger partial charge in [-0.3, -0.25) is 29.5 Å². The fourth-order valence-electron chi connectivity index (χ4n) is 8.76. The number of likely N-dealkylation sites (tertiary alicyclic amines) is 1. The Balaban J connectivity index is 1.46. The van der Waals surface area contributed by atoms with E-state index in [0.717, 1.165) is 16.1 Å². The van der Waals surface area contributed by atoms with Crippen molar-refractivity contribution in [3.05, 3.63) is 107 Å². The molecule has 7 rings (SSSR count). The van der Waals surface area contributed by atoms with Crippen LogP contribution in [-0.4, -0.2) is 57.4 Å². The number of benzene rings is 3. The number of hydrazine groups is 1. The molecule has 2 saturated heterocycles. The number of hydrogen-bond donors (Lipinski definition) is 2. The number of anilines is 1. The van der Waals surface area contributed by atoms with Gasteiger partial charge in [-0.15, -0.1) is 0 Å². The van der Waals surface area contributed by atoms with Crippen molar-refractivity contribution in [3.63, 3.8) is 0 Å². The minimum Gasteiger partial charge on any atom is -0.491 e. The number of nitrogens with zero attached hydrogens (tertiary/aromatic N) is 2.